The van der Waals surface area contributed by atoms with Gasteiger partial charge in [-0.25, -0.2) is 8.78 Å². The highest BCUT2D eigenvalue weighted by Gasteiger charge is 2.15. The molecule has 1 heterocycles. The predicted molar refractivity (Wildman–Crippen MR) is 56.5 cm³/mol. The first-order valence-electron chi connectivity index (χ1n) is 4.05. The van der Waals surface area contributed by atoms with E-state index in [1.165, 1.54) is 17.4 Å². The van der Waals surface area contributed by atoms with Gasteiger partial charge >= 0.3 is 0 Å². The Bertz CT molecular complexity index is 476. The Balaban J connectivity index is 2.84. The molecule has 0 N–H and O–H groups in total. The molecule has 2 rings (SSSR count). The number of fused-ring (bicyclic) bond motifs is 1. The van der Waals surface area contributed by atoms with Crippen LogP contribution in [-0.4, -0.2) is 0 Å². The molecule has 0 aliphatic carbocycles. The molecule has 1 aromatic heterocycles. The minimum atomic E-state index is -2.44. The summed E-state index contributed by atoms with van der Waals surface area (Å²) in [7, 11) is 0. The van der Waals surface area contributed by atoms with Crippen LogP contribution in [0.4, 0.5) is 8.78 Å². The summed E-state index contributed by atoms with van der Waals surface area (Å²) >= 11 is 7.31. The van der Waals surface area contributed by atoms with E-state index < -0.39 is 6.43 Å². The second-order valence-corrected chi connectivity index (χ2v) is 4.35. The molecule has 0 radical (unpaired) electrons. The first kappa shape index (κ1) is 9.87. The summed E-state index contributed by atoms with van der Waals surface area (Å²) in [5.41, 5.74) is 0.782. The van der Waals surface area contributed by atoms with Crippen LogP contribution in [0.2, 0.25) is 5.02 Å². The summed E-state index contributed by atoms with van der Waals surface area (Å²) < 4.78 is 25.9. The van der Waals surface area contributed by atoms with E-state index in [-0.39, 0.29) is 5.56 Å². The van der Waals surface area contributed by atoms with Gasteiger partial charge in [0.25, 0.3) is 6.43 Å². The minimum Gasteiger partial charge on any atom is -0.205 e. The zero-order valence-electron chi connectivity index (χ0n) is 7.35. The van der Waals surface area contributed by atoms with Crippen molar-refractivity contribution in [3.63, 3.8) is 0 Å². The summed E-state index contributed by atoms with van der Waals surface area (Å²) in [6.45, 7) is 1.74. The maximum absolute atomic E-state index is 12.6. The lowest BCUT2D eigenvalue weighted by Crippen LogP contribution is -1.87. The van der Waals surface area contributed by atoms with E-state index in [1.54, 1.807) is 18.4 Å². The zero-order chi connectivity index (χ0) is 10.3. The highest BCUT2D eigenvalue weighted by molar-refractivity contribution is 7.17. The van der Waals surface area contributed by atoms with Gasteiger partial charge in [-0.15, -0.1) is 11.3 Å². The van der Waals surface area contributed by atoms with Crippen molar-refractivity contribution in [2.75, 3.05) is 0 Å². The van der Waals surface area contributed by atoms with Crippen LogP contribution in [0.3, 0.4) is 0 Å². The lowest BCUT2D eigenvalue weighted by Gasteiger charge is -2.05. The van der Waals surface area contributed by atoms with E-state index in [9.17, 15) is 8.78 Å². The van der Waals surface area contributed by atoms with E-state index in [4.69, 9.17) is 11.6 Å². The highest BCUT2D eigenvalue weighted by Crippen LogP contribution is 2.37. The lowest BCUT2D eigenvalue weighted by atomic mass is 10.1. The molecule has 0 nitrogen and oxygen atoms in total. The second-order valence-electron chi connectivity index (χ2n) is 3.06. The highest BCUT2D eigenvalue weighted by atomic mass is 35.5. The molecule has 4 heteroatoms. The summed E-state index contributed by atoms with van der Waals surface area (Å²) in [5, 5.41) is 3.08. The van der Waals surface area contributed by atoms with Crippen molar-refractivity contribution in [3.8, 4) is 0 Å². The van der Waals surface area contributed by atoms with Crippen LogP contribution in [0.1, 0.15) is 17.6 Å². The molecule has 74 valence electrons. The zero-order valence-corrected chi connectivity index (χ0v) is 8.92. The van der Waals surface area contributed by atoms with Gasteiger partial charge in [-0.2, -0.15) is 0 Å². The smallest absolute Gasteiger partial charge is 0.205 e. The Hall–Kier alpha value is -0.670. The molecule has 14 heavy (non-hydrogen) atoms. The van der Waals surface area contributed by atoms with Crippen LogP contribution in [0.5, 0.6) is 0 Å². The fraction of sp³-hybridized carbons (Fsp3) is 0.200. The van der Waals surface area contributed by atoms with Crippen molar-refractivity contribution in [3.05, 3.63) is 33.7 Å². The quantitative estimate of drug-likeness (QED) is 0.663. The van der Waals surface area contributed by atoms with Gasteiger partial charge in [-0.1, -0.05) is 11.6 Å². The van der Waals surface area contributed by atoms with Crippen molar-refractivity contribution in [2.45, 2.75) is 13.3 Å². The van der Waals surface area contributed by atoms with Crippen LogP contribution in [0, 0.1) is 6.92 Å². The molecule has 0 unspecified atom stereocenters. The largest absolute Gasteiger partial charge is 0.265 e. The van der Waals surface area contributed by atoms with E-state index in [2.05, 4.69) is 0 Å². The van der Waals surface area contributed by atoms with Gasteiger partial charge in [0.05, 0.1) is 5.02 Å². The van der Waals surface area contributed by atoms with E-state index in [0.717, 1.165) is 5.39 Å². The van der Waals surface area contributed by atoms with Crippen LogP contribution >= 0.6 is 22.9 Å². The normalized spacial score (nSPS) is 11.5. The molecule has 2 aromatic rings. The fourth-order valence-electron chi connectivity index (χ4n) is 1.44. The number of alkyl halides is 2. The Labute approximate surface area is 89.1 Å². The average molecular weight is 233 g/mol. The Morgan fingerprint density at radius 1 is 1.43 bits per heavy atom. The molecule has 0 spiro atoms. The Morgan fingerprint density at radius 3 is 2.79 bits per heavy atom. The van der Waals surface area contributed by atoms with E-state index >= 15 is 0 Å². The van der Waals surface area contributed by atoms with Crippen molar-refractivity contribution in [2.24, 2.45) is 0 Å². The van der Waals surface area contributed by atoms with Gasteiger partial charge < -0.3 is 0 Å². The number of hydrogen-bond acceptors (Lipinski definition) is 1. The van der Waals surface area contributed by atoms with Crippen molar-refractivity contribution < 1.29 is 8.78 Å². The molecule has 0 bridgehead atoms. The molecule has 0 saturated heterocycles. The number of thiophene rings is 1. The van der Waals surface area contributed by atoms with Gasteiger partial charge in [0, 0.05) is 15.6 Å². The van der Waals surface area contributed by atoms with E-state index in [1.807, 2.05) is 0 Å². The Kier molecular flexibility index (Phi) is 2.45. The molecular weight excluding hydrogens is 226 g/mol. The maximum Gasteiger partial charge on any atom is 0.265 e. The number of halogens is 3. The summed E-state index contributed by atoms with van der Waals surface area (Å²) in [5.74, 6) is 0. The molecule has 0 aliphatic heterocycles. The van der Waals surface area contributed by atoms with Gasteiger partial charge in [-0.3, -0.25) is 0 Å². The van der Waals surface area contributed by atoms with Gasteiger partial charge in [-0.05, 0) is 30.0 Å². The van der Waals surface area contributed by atoms with Gasteiger partial charge in [0.1, 0.15) is 0 Å². The van der Waals surface area contributed by atoms with E-state index in [0.29, 0.717) is 15.3 Å². The standard InChI is InChI=1S/C10H7ClF2S/c1-5-4-7(10(12)13)9-6(8(5)11)2-3-14-9/h2-4,10H,1H3. The van der Waals surface area contributed by atoms with Gasteiger partial charge in [0.15, 0.2) is 0 Å². The number of aryl methyl sites for hydroxylation is 1. The van der Waals surface area contributed by atoms with Crippen LogP contribution in [0.25, 0.3) is 10.1 Å². The third-order valence-electron chi connectivity index (χ3n) is 2.12. The minimum absolute atomic E-state index is 0.0805. The summed E-state index contributed by atoms with van der Waals surface area (Å²) in [6.07, 6.45) is -2.44. The fourth-order valence-corrected chi connectivity index (χ4v) is 2.63. The monoisotopic (exact) mass is 232 g/mol. The SMILES string of the molecule is Cc1cc(C(F)F)c2sccc2c1Cl. The summed E-state index contributed by atoms with van der Waals surface area (Å²) in [6, 6.07) is 3.24. The molecule has 0 aliphatic rings. The number of benzene rings is 1. The first-order chi connectivity index (χ1) is 6.61. The first-order valence-corrected chi connectivity index (χ1v) is 5.31. The number of hydrogen-bond donors (Lipinski definition) is 0. The molecule has 0 amide bonds. The second kappa shape index (κ2) is 3.48. The van der Waals surface area contributed by atoms with Crippen LogP contribution < -0.4 is 0 Å². The predicted octanol–water partition coefficient (Wildman–Crippen LogP) is 4.80. The van der Waals surface area contributed by atoms with Gasteiger partial charge in [0.2, 0.25) is 0 Å². The van der Waals surface area contributed by atoms with Crippen LogP contribution in [0.15, 0.2) is 17.5 Å². The number of rotatable bonds is 1. The Morgan fingerprint density at radius 2 is 2.14 bits per heavy atom. The third-order valence-corrected chi connectivity index (χ3v) is 3.58. The summed E-state index contributed by atoms with van der Waals surface area (Å²) in [4.78, 5) is 0. The third kappa shape index (κ3) is 1.41. The molecule has 0 fully saturated rings. The molecular formula is C10H7ClF2S. The van der Waals surface area contributed by atoms with Crippen molar-refractivity contribution in [1.29, 1.82) is 0 Å². The van der Waals surface area contributed by atoms with Crippen molar-refractivity contribution >= 4 is 33.0 Å². The lowest BCUT2D eigenvalue weighted by molar-refractivity contribution is 0.153. The molecule has 0 atom stereocenters. The molecule has 0 saturated carbocycles. The van der Waals surface area contributed by atoms with Crippen molar-refractivity contribution in [1.82, 2.24) is 0 Å². The molecule has 1 aromatic carbocycles. The topological polar surface area (TPSA) is 0 Å². The maximum atomic E-state index is 12.6. The van der Waals surface area contributed by atoms with Crippen LogP contribution in [-0.2, 0) is 0 Å². The average Bonchev–Trinajstić information content (AvgIpc) is 2.59.